The lowest BCUT2D eigenvalue weighted by Crippen LogP contribution is -1.81. The van der Waals surface area contributed by atoms with Gasteiger partial charge in [-0.1, -0.05) is 11.8 Å². The normalized spacial score (nSPS) is 9.41. The third kappa shape index (κ3) is 6.30. The summed E-state index contributed by atoms with van der Waals surface area (Å²) in [6.07, 6.45) is 8.60. The Morgan fingerprint density at radius 1 is 0.941 bits per heavy atom. The van der Waals surface area contributed by atoms with Crippen LogP contribution in [-0.4, -0.2) is 26.2 Å². The van der Waals surface area contributed by atoms with Crippen LogP contribution in [0.25, 0.3) is 0 Å². The molecule has 2 rings (SSSR count). The summed E-state index contributed by atoms with van der Waals surface area (Å²) in [7, 11) is 0. The van der Waals surface area contributed by atoms with Crippen LogP contribution in [0.5, 0.6) is 0 Å². The maximum absolute atomic E-state index is 5.37. The number of rotatable bonds is 1. The Balaban J connectivity index is 0.000000171. The van der Waals surface area contributed by atoms with Gasteiger partial charge in [0.15, 0.2) is 5.16 Å². The lowest BCUT2D eigenvalue weighted by Gasteiger charge is -1.90. The fourth-order valence-electron chi connectivity index (χ4n) is 0.702. The van der Waals surface area contributed by atoms with Crippen molar-refractivity contribution >= 4 is 55.2 Å². The second kappa shape index (κ2) is 7.97. The molecular formula is C9H7Br2ClN4S. The maximum Gasteiger partial charge on any atom is 0.222 e. The summed E-state index contributed by atoms with van der Waals surface area (Å²) in [5, 5.41) is 1.08. The molecule has 0 aliphatic carbocycles. The minimum Gasteiger partial charge on any atom is -0.230 e. The van der Waals surface area contributed by atoms with Crippen molar-refractivity contribution in [2.45, 2.75) is 5.16 Å². The molecule has 2 heterocycles. The number of nitrogens with zero attached hydrogens (tertiary/aromatic N) is 4. The van der Waals surface area contributed by atoms with Gasteiger partial charge in [-0.2, -0.15) is 0 Å². The van der Waals surface area contributed by atoms with E-state index in [0.29, 0.717) is 0 Å². The summed E-state index contributed by atoms with van der Waals surface area (Å²) < 4.78 is 1.75. The predicted octanol–water partition coefficient (Wildman–Crippen LogP) is 3.85. The van der Waals surface area contributed by atoms with E-state index in [0.717, 1.165) is 14.1 Å². The van der Waals surface area contributed by atoms with Crippen molar-refractivity contribution in [1.29, 1.82) is 0 Å². The third-order valence-electron chi connectivity index (χ3n) is 1.37. The van der Waals surface area contributed by atoms with Crippen molar-refractivity contribution in [3.8, 4) is 0 Å². The van der Waals surface area contributed by atoms with Gasteiger partial charge in [-0.3, -0.25) is 0 Å². The molecule has 0 radical (unpaired) electrons. The van der Waals surface area contributed by atoms with Gasteiger partial charge in [0, 0.05) is 24.8 Å². The average Bonchev–Trinajstić information content (AvgIpc) is 2.35. The maximum atomic E-state index is 5.37. The van der Waals surface area contributed by atoms with Crippen molar-refractivity contribution in [2.24, 2.45) is 0 Å². The Morgan fingerprint density at radius 2 is 1.35 bits per heavy atom. The van der Waals surface area contributed by atoms with Crippen molar-refractivity contribution < 1.29 is 0 Å². The van der Waals surface area contributed by atoms with E-state index in [1.165, 1.54) is 11.8 Å². The first-order valence-corrected chi connectivity index (χ1v) is 7.45. The van der Waals surface area contributed by atoms with Crippen LogP contribution in [0.3, 0.4) is 0 Å². The van der Waals surface area contributed by atoms with Crippen molar-refractivity contribution in [3.05, 3.63) is 39.0 Å². The Hall–Kier alpha value is -0.240. The minimum absolute atomic E-state index is 0.271. The van der Waals surface area contributed by atoms with Crippen LogP contribution in [0.4, 0.5) is 0 Å². The molecule has 0 aliphatic heterocycles. The van der Waals surface area contributed by atoms with Gasteiger partial charge in [-0.25, -0.2) is 19.9 Å². The van der Waals surface area contributed by atoms with Gasteiger partial charge in [-0.15, -0.1) is 0 Å². The molecule has 8 heteroatoms. The first-order valence-electron chi connectivity index (χ1n) is 4.26. The predicted molar refractivity (Wildman–Crippen MR) is 76.3 cm³/mol. The van der Waals surface area contributed by atoms with E-state index < -0.39 is 0 Å². The van der Waals surface area contributed by atoms with Gasteiger partial charge in [0.25, 0.3) is 0 Å². The third-order valence-corrected chi connectivity index (χ3v) is 2.96. The van der Waals surface area contributed by atoms with E-state index >= 15 is 0 Å². The standard InChI is InChI=1S/C5H5BrN2S.C4H2BrClN2/c1-9-5-7-2-4(6)3-8-5;5-3-1-7-4(6)8-2-3/h2-3H,1H3;1-2H. The van der Waals surface area contributed by atoms with Crippen LogP contribution in [0.15, 0.2) is 38.9 Å². The van der Waals surface area contributed by atoms with Gasteiger partial charge < -0.3 is 0 Å². The molecule has 4 nitrogen and oxygen atoms in total. The molecule has 0 aromatic carbocycles. The SMILES string of the molecule is CSc1ncc(Br)cn1.Clc1ncc(Br)cn1. The quantitative estimate of drug-likeness (QED) is 0.539. The zero-order chi connectivity index (χ0) is 12.7. The number of thioether (sulfide) groups is 1. The number of aromatic nitrogens is 4. The highest BCUT2D eigenvalue weighted by Gasteiger charge is 1.90. The zero-order valence-corrected chi connectivity index (χ0v) is 13.4. The van der Waals surface area contributed by atoms with Crippen molar-refractivity contribution in [2.75, 3.05) is 6.26 Å². The first kappa shape index (κ1) is 14.8. The van der Waals surface area contributed by atoms with Gasteiger partial charge in [0.1, 0.15) is 0 Å². The number of hydrogen-bond acceptors (Lipinski definition) is 5. The monoisotopic (exact) mass is 396 g/mol. The summed E-state index contributed by atoms with van der Waals surface area (Å²) in [4.78, 5) is 15.4. The molecule has 0 unspecified atom stereocenters. The molecule has 0 spiro atoms. The minimum atomic E-state index is 0.271. The van der Waals surface area contributed by atoms with E-state index in [4.69, 9.17) is 11.6 Å². The first-order chi connectivity index (χ1) is 8.11. The number of hydrogen-bond donors (Lipinski definition) is 0. The summed E-state index contributed by atoms with van der Waals surface area (Å²) >= 11 is 13.3. The Kier molecular flexibility index (Phi) is 6.94. The van der Waals surface area contributed by atoms with Crippen LogP contribution < -0.4 is 0 Å². The molecule has 0 amide bonds. The number of halogens is 3. The van der Waals surface area contributed by atoms with Gasteiger partial charge in [0.05, 0.1) is 8.95 Å². The second-order valence-electron chi connectivity index (χ2n) is 2.56. The molecule has 17 heavy (non-hydrogen) atoms. The van der Waals surface area contributed by atoms with E-state index in [1.54, 1.807) is 24.8 Å². The molecule has 0 saturated carbocycles. The fourth-order valence-corrected chi connectivity index (χ4v) is 1.53. The largest absolute Gasteiger partial charge is 0.230 e. The van der Waals surface area contributed by atoms with Crippen LogP contribution in [0, 0.1) is 0 Å². The molecule has 0 bridgehead atoms. The Labute approximate surface area is 125 Å². The van der Waals surface area contributed by atoms with E-state index in [9.17, 15) is 0 Å². The molecule has 2 aromatic rings. The smallest absolute Gasteiger partial charge is 0.222 e. The van der Waals surface area contributed by atoms with Crippen LogP contribution in [-0.2, 0) is 0 Å². The Bertz CT molecular complexity index is 431. The summed E-state index contributed by atoms with van der Waals surface area (Å²) in [5.74, 6) is 0. The van der Waals surface area contributed by atoms with Crippen LogP contribution in [0.1, 0.15) is 0 Å². The highest BCUT2D eigenvalue weighted by molar-refractivity contribution is 9.10. The van der Waals surface area contributed by atoms with Crippen LogP contribution in [0.2, 0.25) is 5.28 Å². The molecule has 0 saturated heterocycles. The van der Waals surface area contributed by atoms with Crippen molar-refractivity contribution in [1.82, 2.24) is 19.9 Å². The second-order valence-corrected chi connectivity index (χ2v) is 5.50. The molecule has 0 aliphatic rings. The van der Waals surface area contributed by atoms with Gasteiger partial charge in [0.2, 0.25) is 5.28 Å². The molecule has 90 valence electrons. The summed E-state index contributed by atoms with van der Waals surface area (Å²) in [6, 6.07) is 0. The topological polar surface area (TPSA) is 51.6 Å². The van der Waals surface area contributed by atoms with Gasteiger partial charge in [-0.05, 0) is 49.7 Å². The van der Waals surface area contributed by atoms with Gasteiger partial charge >= 0.3 is 0 Å². The molecular weight excluding hydrogens is 391 g/mol. The molecule has 2 aromatic heterocycles. The highest BCUT2D eigenvalue weighted by atomic mass is 79.9. The Morgan fingerprint density at radius 3 is 1.71 bits per heavy atom. The summed E-state index contributed by atoms with van der Waals surface area (Å²) in [6.45, 7) is 0. The summed E-state index contributed by atoms with van der Waals surface area (Å²) in [5.41, 5.74) is 0. The lowest BCUT2D eigenvalue weighted by molar-refractivity contribution is 0.961. The average molecular weight is 399 g/mol. The highest BCUT2D eigenvalue weighted by Crippen LogP contribution is 2.10. The van der Waals surface area contributed by atoms with E-state index in [1.807, 2.05) is 6.26 Å². The molecule has 0 fully saturated rings. The lowest BCUT2D eigenvalue weighted by atomic mass is 10.7. The van der Waals surface area contributed by atoms with Crippen LogP contribution >= 0.6 is 55.2 Å². The fraction of sp³-hybridized carbons (Fsp3) is 0.111. The van der Waals surface area contributed by atoms with Crippen molar-refractivity contribution in [3.63, 3.8) is 0 Å². The molecule has 0 atom stereocenters. The zero-order valence-electron chi connectivity index (χ0n) is 8.64. The molecule has 0 N–H and O–H groups in total. The van der Waals surface area contributed by atoms with E-state index in [-0.39, 0.29) is 5.28 Å². The van der Waals surface area contributed by atoms with E-state index in [2.05, 4.69) is 51.8 Å².